The fourth-order valence-electron chi connectivity index (χ4n) is 2.83. The normalized spacial score (nSPS) is 10.9. The third kappa shape index (κ3) is 4.60. The molecule has 0 saturated heterocycles. The number of aromatic nitrogens is 5. The van der Waals surface area contributed by atoms with Gasteiger partial charge in [-0.3, -0.25) is 4.57 Å². The summed E-state index contributed by atoms with van der Waals surface area (Å²) in [7, 11) is 0. The first-order chi connectivity index (χ1) is 14.2. The molecule has 4 rings (SSSR count). The average molecular weight is 407 g/mol. The fourth-order valence-corrected chi connectivity index (χ4v) is 3.61. The second kappa shape index (κ2) is 8.83. The van der Waals surface area contributed by atoms with Crippen LogP contribution in [-0.2, 0) is 18.7 Å². The van der Waals surface area contributed by atoms with Crippen LogP contribution < -0.4 is 0 Å². The van der Waals surface area contributed by atoms with E-state index in [0.29, 0.717) is 41.4 Å². The minimum Gasteiger partial charge on any atom is -0.338 e. The van der Waals surface area contributed by atoms with Crippen molar-refractivity contribution in [3.8, 4) is 11.4 Å². The molecule has 0 amide bonds. The summed E-state index contributed by atoms with van der Waals surface area (Å²) >= 11 is 1.45. The summed E-state index contributed by atoms with van der Waals surface area (Å²) in [6.45, 7) is 4.33. The van der Waals surface area contributed by atoms with Gasteiger partial charge in [-0.25, -0.2) is 4.39 Å². The van der Waals surface area contributed by atoms with Crippen LogP contribution in [-0.4, -0.2) is 24.9 Å². The Morgan fingerprint density at radius 3 is 2.62 bits per heavy atom. The Morgan fingerprint density at radius 1 is 1.07 bits per heavy atom. The van der Waals surface area contributed by atoms with Gasteiger partial charge < -0.3 is 4.52 Å². The number of halogens is 1. The SMILES string of the molecule is C=CCn1c(SCc2nc(Cc3ccccc3)no2)nnc1-c1ccc(F)cc1. The van der Waals surface area contributed by atoms with E-state index in [1.165, 1.54) is 23.9 Å². The molecule has 0 radical (unpaired) electrons. The zero-order valence-corrected chi connectivity index (χ0v) is 16.3. The third-order valence-corrected chi connectivity index (χ3v) is 5.12. The average Bonchev–Trinajstić information content (AvgIpc) is 3.35. The van der Waals surface area contributed by atoms with Gasteiger partial charge in [0.2, 0.25) is 5.89 Å². The first-order valence-corrected chi connectivity index (χ1v) is 9.99. The number of allylic oxidation sites excluding steroid dienone is 1. The highest BCUT2D eigenvalue weighted by Gasteiger charge is 2.15. The Kier molecular flexibility index (Phi) is 5.81. The maximum absolute atomic E-state index is 13.2. The smallest absolute Gasteiger partial charge is 0.237 e. The van der Waals surface area contributed by atoms with Crippen LogP contribution in [0.2, 0.25) is 0 Å². The van der Waals surface area contributed by atoms with Crippen molar-refractivity contribution in [2.75, 3.05) is 0 Å². The molecule has 0 aliphatic heterocycles. The topological polar surface area (TPSA) is 69.6 Å². The molecular formula is C21H18FN5OS. The molecule has 0 aliphatic carbocycles. The van der Waals surface area contributed by atoms with E-state index in [9.17, 15) is 4.39 Å². The molecule has 2 aromatic carbocycles. The van der Waals surface area contributed by atoms with Crippen LogP contribution in [0.15, 0.2) is 76.9 Å². The van der Waals surface area contributed by atoms with Crippen molar-refractivity contribution in [2.45, 2.75) is 23.9 Å². The molecule has 8 heteroatoms. The van der Waals surface area contributed by atoms with Crippen molar-refractivity contribution >= 4 is 11.8 Å². The molecule has 0 fully saturated rings. The Labute approximate surface area is 171 Å². The number of nitrogens with zero attached hydrogens (tertiary/aromatic N) is 5. The number of hydrogen-bond donors (Lipinski definition) is 0. The molecule has 0 N–H and O–H groups in total. The molecule has 0 unspecified atom stereocenters. The molecule has 146 valence electrons. The van der Waals surface area contributed by atoms with E-state index in [2.05, 4.69) is 26.9 Å². The van der Waals surface area contributed by atoms with Gasteiger partial charge in [0.25, 0.3) is 0 Å². The maximum atomic E-state index is 13.2. The van der Waals surface area contributed by atoms with Gasteiger partial charge in [-0.1, -0.05) is 53.3 Å². The van der Waals surface area contributed by atoms with Crippen molar-refractivity contribution < 1.29 is 8.91 Å². The van der Waals surface area contributed by atoms with Crippen LogP contribution in [0.1, 0.15) is 17.3 Å². The molecule has 6 nitrogen and oxygen atoms in total. The Bertz CT molecular complexity index is 1090. The molecule has 0 bridgehead atoms. The van der Waals surface area contributed by atoms with E-state index in [0.717, 1.165) is 11.1 Å². The lowest BCUT2D eigenvalue weighted by atomic mass is 10.1. The number of rotatable bonds is 8. The van der Waals surface area contributed by atoms with Crippen molar-refractivity contribution in [3.63, 3.8) is 0 Å². The van der Waals surface area contributed by atoms with Gasteiger partial charge in [0, 0.05) is 18.5 Å². The van der Waals surface area contributed by atoms with Gasteiger partial charge in [0.05, 0.1) is 5.75 Å². The minimum absolute atomic E-state index is 0.291. The quantitative estimate of drug-likeness (QED) is 0.316. The first kappa shape index (κ1) is 19.1. The van der Waals surface area contributed by atoms with Gasteiger partial charge in [0.15, 0.2) is 16.8 Å². The van der Waals surface area contributed by atoms with Gasteiger partial charge in [-0.2, -0.15) is 4.98 Å². The fraction of sp³-hybridized carbons (Fsp3) is 0.143. The minimum atomic E-state index is -0.291. The lowest BCUT2D eigenvalue weighted by molar-refractivity contribution is 0.385. The zero-order valence-electron chi connectivity index (χ0n) is 15.5. The number of thioether (sulfide) groups is 1. The third-order valence-electron chi connectivity index (χ3n) is 4.17. The Hall–Kier alpha value is -3.26. The number of hydrogen-bond acceptors (Lipinski definition) is 6. The van der Waals surface area contributed by atoms with Crippen LogP contribution >= 0.6 is 11.8 Å². The van der Waals surface area contributed by atoms with E-state index >= 15 is 0 Å². The lowest BCUT2D eigenvalue weighted by Gasteiger charge is -2.07. The second-order valence-electron chi connectivity index (χ2n) is 6.27. The molecule has 0 atom stereocenters. The van der Waals surface area contributed by atoms with Crippen molar-refractivity contribution in [3.05, 3.63) is 90.3 Å². The molecule has 0 spiro atoms. The lowest BCUT2D eigenvalue weighted by Crippen LogP contribution is -2.01. The highest BCUT2D eigenvalue weighted by atomic mass is 32.2. The van der Waals surface area contributed by atoms with E-state index in [-0.39, 0.29) is 5.82 Å². The zero-order chi connectivity index (χ0) is 20.1. The highest BCUT2D eigenvalue weighted by Crippen LogP contribution is 2.26. The second-order valence-corrected chi connectivity index (χ2v) is 7.21. The predicted molar refractivity (Wildman–Crippen MR) is 109 cm³/mol. The summed E-state index contributed by atoms with van der Waals surface area (Å²) in [6.07, 6.45) is 2.39. The summed E-state index contributed by atoms with van der Waals surface area (Å²) in [5, 5.41) is 13.3. The molecule has 0 saturated carbocycles. The van der Waals surface area contributed by atoms with E-state index in [1.54, 1.807) is 18.2 Å². The van der Waals surface area contributed by atoms with E-state index < -0.39 is 0 Å². The Morgan fingerprint density at radius 2 is 1.86 bits per heavy atom. The number of benzene rings is 2. The molecule has 4 aromatic rings. The van der Waals surface area contributed by atoms with Gasteiger partial charge in [-0.05, 0) is 29.8 Å². The monoisotopic (exact) mass is 407 g/mol. The van der Waals surface area contributed by atoms with Gasteiger partial charge >= 0.3 is 0 Å². The van der Waals surface area contributed by atoms with Crippen molar-refractivity contribution in [1.82, 2.24) is 24.9 Å². The summed E-state index contributed by atoms with van der Waals surface area (Å²) in [5.41, 5.74) is 1.91. The van der Waals surface area contributed by atoms with E-state index in [1.807, 2.05) is 34.9 Å². The predicted octanol–water partition coefficient (Wildman–Crippen LogP) is 4.54. The first-order valence-electron chi connectivity index (χ1n) is 9.01. The molecular weight excluding hydrogens is 389 g/mol. The largest absolute Gasteiger partial charge is 0.338 e. The highest BCUT2D eigenvalue weighted by molar-refractivity contribution is 7.98. The summed E-state index contributed by atoms with van der Waals surface area (Å²) < 4.78 is 20.5. The van der Waals surface area contributed by atoms with Crippen LogP contribution in [0, 0.1) is 5.82 Å². The molecule has 2 aromatic heterocycles. The van der Waals surface area contributed by atoms with Crippen LogP contribution in [0.25, 0.3) is 11.4 Å². The van der Waals surface area contributed by atoms with Crippen molar-refractivity contribution in [2.24, 2.45) is 0 Å². The summed E-state index contributed by atoms with van der Waals surface area (Å²) in [4.78, 5) is 4.45. The van der Waals surface area contributed by atoms with Crippen LogP contribution in [0.3, 0.4) is 0 Å². The maximum Gasteiger partial charge on any atom is 0.237 e. The summed E-state index contributed by atoms with van der Waals surface area (Å²) in [6, 6.07) is 16.2. The van der Waals surface area contributed by atoms with Crippen molar-refractivity contribution in [1.29, 1.82) is 0 Å². The standard InChI is InChI=1S/C21H18FN5OS/c1-2-12-27-20(16-8-10-17(22)11-9-16)24-25-21(27)29-14-19-23-18(26-28-19)13-15-6-4-3-5-7-15/h2-11H,1,12-14H2. The summed E-state index contributed by atoms with van der Waals surface area (Å²) in [5.74, 6) is 2.01. The van der Waals surface area contributed by atoms with Crippen LogP contribution in [0.4, 0.5) is 4.39 Å². The molecule has 2 heterocycles. The van der Waals surface area contributed by atoms with Gasteiger partial charge in [-0.15, -0.1) is 16.8 Å². The molecule has 0 aliphatic rings. The van der Waals surface area contributed by atoms with Gasteiger partial charge in [0.1, 0.15) is 5.82 Å². The Balaban J connectivity index is 1.47. The van der Waals surface area contributed by atoms with Crippen LogP contribution in [0.5, 0.6) is 0 Å². The van der Waals surface area contributed by atoms with E-state index in [4.69, 9.17) is 4.52 Å². The molecule has 29 heavy (non-hydrogen) atoms.